The molecule has 3 rings (SSSR count). The molecule has 0 saturated carbocycles. The molecule has 0 fully saturated rings. The van der Waals surface area contributed by atoms with E-state index in [1.165, 1.54) is 11.8 Å². The van der Waals surface area contributed by atoms with Crippen molar-refractivity contribution >= 4 is 28.6 Å². The summed E-state index contributed by atoms with van der Waals surface area (Å²) in [5, 5.41) is 0.562. The number of aromatic nitrogens is 2. The van der Waals surface area contributed by atoms with Gasteiger partial charge in [-0.25, -0.2) is 4.98 Å². The zero-order chi connectivity index (χ0) is 19.4. The fourth-order valence-corrected chi connectivity index (χ4v) is 4.01. The molecule has 0 saturated heterocycles. The van der Waals surface area contributed by atoms with Crippen LogP contribution in [0.3, 0.4) is 0 Å². The van der Waals surface area contributed by atoms with E-state index in [0.29, 0.717) is 22.6 Å². The SMILES string of the molecule is C=CCn1c(S[C@H](C(=O)N(C)C)c2ccccc2)nc2ccccc2c1=O. The van der Waals surface area contributed by atoms with Gasteiger partial charge in [-0.1, -0.05) is 60.3 Å². The van der Waals surface area contributed by atoms with E-state index in [1.54, 1.807) is 35.7 Å². The third kappa shape index (κ3) is 3.95. The van der Waals surface area contributed by atoms with Crippen molar-refractivity contribution in [1.29, 1.82) is 0 Å². The van der Waals surface area contributed by atoms with Crippen LogP contribution in [0.1, 0.15) is 10.8 Å². The third-order valence-electron chi connectivity index (χ3n) is 4.13. The molecular formula is C21H21N3O2S. The van der Waals surface area contributed by atoms with Gasteiger partial charge in [-0.3, -0.25) is 14.2 Å². The maximum Gasteiger partial charge on any atom is 0.262 e. The van der Waals surface area contributed by atoms with Crippen molar-refractivity contribution in [3.05, 3.63) is 83.2 Å². The second-order valence-electron chi connectivity index (χ2n) is 6.26. The average Bonchev–Trinajstić information content (AvgIpc) is 2.69. The lowest BCUT2D eigenvalue weighted by Gasteiger charge is -2.21. The minimum absolute atomic E-state index is 0.0567. The highest BCUT2D eigenvalue weighted by Crippen LogP contribution is 2.35. The average molecular weight is 379 g/mol. The van der Waals surface area contributed by atoms with Gasteiger partial charge in [0, 0.05) is 20.6 Å². The van der Waals surface area contributed by atoms with E-state index in [2.05, 4.69) is 11.6 Å². The van der Waals surface area contributed by atoms with Crippen molar-refractivity contribution in [2.75, 3.05) is 14.1 Å². The molecule has 1 aromatic heterocycles. The minimum Gasteiger partial charge on any atom is -0.348 e. The zero-order valence-corrected chi connectivity index (χ0v) is 16.1. The Balaban J connectivity index is 2.14. The first-order chi connectivity index (χ1) is 13.0. The smallest absolute Gasteiger partial charge is 0.262 e. The van der Waals surface area contributed by atoms with Crippen LogP contribution in [0, 0.1) is 0 Å². The molecule has 6 heteroatoms. The zero-order valence-electron chi connectivity index (χ0n) is 15.3. The molecule has 0 aliphatic rings. The Morgan fingerprint density at radius 3 is 2.52 bits per heavy atom. The number of likely N-dealkylation sites (N-methyl/N-ethyl adjacent to an activating group) is 1. The summed E-state index contributed by atoms with van der Waals surface area (Å²) in [6, 6.07) is 16.8. The van der Waals surface area contributed by atoms with Gasteiger partial charge < -0.3 is 4.90 Å². The van der Waals surface area contributed by atoms with Crippen LogP contribution in [0.2, 0.25) is 0 Å². The molecule has 27 heavy (non-hydrogen) atoms. The largest absolute Gasteiger partial charge is 0.348 e. The van der Waals surface area contributed by atoms with Crippen LogP contribution < -0.4 is 5.56 Å². The second-order valence-corrected chi connectivity index (χ2v) is 7.33. The Hall–Kier alpha value is -2.86. The van der Waals surface area contributed by atoms with E-state index in [-0.39, 0.29) is 11.5 Å². The number of carbonyl (C=O) groups is 1. The number of amides is 1. The number of allylic oxidation sites excluding steroid dienone is 1. The highest BCUT2D eigenvalue weighted by atomic mass is 32.2. The molecule has 1 heterocycles. The van der Waals surface area contributed by atoms with Crippen LogP contribution in [-0.2, 0) is 11.3 Å². The lowest BCUT2D eigenvalue weighted by atomic mass is 10.1. The number of rotatable bonds is 6. The molecule has 0 unspecified atom stereocenters. The summed E-state index contributed by atoms with van der Waals surface area (Å²) < 4.78 is 1.57. The molecule has 0 aliphatic heterocycles. The van der Waals surface area contributed by atoms with Gasteiger partial charge in [0.2, 0.25) is 5.91 Å². The molecular weight excluding hydrogens is 358 g/mol. The van der Waals surface area contributed by atoms with Crippen LogP contribution >= 0.6 is 11.8 Å². The quantitative estimate of drug-likeness (QED) is 0.374. The summed E-state index contributed by atoms with van der Waals surface area (Å²) in [6.07, 6.45) is 1.66. The summed E-state index contributed by atoms with van der Waals surface area (Å²) in [6.45, 7) is 4.08. The van der Waals surface area contributed by atoms with E-state index in [4.69, 9.17) is 0 Å². The molecule has 0 bridgehead atoms. The van der Waals surface area contributed by atoms with Gasteiger partial charge in [0.1, 0.15) is 5.25 Å². The van der Waals surface area contributed by atoms with Gasteiger partial charge in [-0.15, -0.1) is 6.58 Å². The molecule has 0 N–H and O–H groups in total. The second kappa shape index (κ2) is 8.22. The topological polar surface area (TPSA) is 55.2 Å². The van der Waals surface area contributed by atoms with E-state index < -0.39 is 5.25 Å². The summed E-state index contributed by atoms with van der Waals surface area (Å²) in [5.41, 5.74) is 1.36. The van der Waals surface area contributed by atoms with Crippen LogP contribution in [-0.4, -0.2) is 34.5 Å². The predicted octanol–water partition coefficient (Wildman–Crippen LogP) is 3.50. The van der Waals surface area contributed by atoms with E-state index in [0.717, 1.165) is 5.56 Å². The number of hydrogen-bond donors (Lipinski definition) is 0. The summed E-state index contributed by atoms with van der Waals surface area (Å²) in [7, 11) is 3.45. The first-order valence-corrected chi connectivity index (χ1v) is 9.44. The molecule has 2 aromatic carbocycles. The number of fused-ring (bicyclic) bond motifs is 1. The maximum absolute atomic E-state index is 12.9. The van der Waals surface area contributed by atoms with E-state index in [1.807, 2.05) is 48.5 Å². The Morgan fingerprint density at radius 1 is 1.19 bits per heavy atom. The fourth-order valence-electron chi connectivity index (χ4n) is 2.76. The number of nitrogens with zero attached hydrogens (tertiary/aromatic N) is 3. The normalized spacial score (nSPS) is 11.9. The summed E-state index contributed by atoms with van der Waals surface area (Å²) in [4.78, 5) is 32.0. The number of thioether (sulfide) groups is 1. The van der Waals surface area contributed by atoms with Crippen molar-refractivity contribution in [3.63, 3.8) is 0 Å². The van der Waals surface area contributed by atoms with Crippen LogP contribution in [0.4, 0.5) is 0 Å². The lowest BCUT2D eigenvalue weighted by Crippen LogP contribution is -2.28. The summed E-state index contributed by atoms with van der Waals surface area (Å²) >= 11 is 1.29. The molecule has 3 aromatic rings. The number of para-hydroxylation sites is 1. The number of benzene rings is 2. The fraction of sp³-hybridized carbons (Fsp3) is 0.190. The van der Waals surface area contributed by atoms with Gasteiger partial charge in [0.05, 0.1) is 10.9 Å². The predicted molar refractivity (Wildman–Crippen MR) is 110 cm³/mol. The molecule has 138 valence electrons. The standard InChI is InChI=1S/C21H21N3O2S/c1-4-14-24-19(25)16-12-8-9-13-17(16)22-21(24)27-18(20(26)23(2)3)15-10-6-5-7-11-15/h4-13,18H,1,14H2,2-3H3/t18-/m0/s1. The Labute approximate surface area is 162 Å². The first-order valence-electron chi connectivity index (χ1n) is 8.56. The van der Waals surface area contributed by atoms with Gasteiger partial charge in [-0.2, -0.15) is 0 Å². The molecule has 0 radical (unpaired) electrons. The molecule has 1 atom stereocenters. The van der Waals surface area contributed by atoms with Crippen LogP contribution in [0.15, 0.2) is 77.2 Å². The van der Waals surface area contributed by atoms with Crippen LogP contribution in [0.5, 0.6) is 0 Å². The maximum atomic E-state index is 12.9. The van der Waals surface area contributed by atoms with Crippen molar-refractivity contribution in [1.82, 2.24) is 14.5 Å². The highest BCUT2D eigenvalue weighted by molar-refractivity contribution is 8.00. The minimum atomic E-state index is -0.495. The Morgan fingerprint density at radius 2 is 1.85 bits per heavy atom. The lowest BCUT2D eigenvalue weighted by molar-refractivity contribution is -0.128. The van der Waals surface area contributed by atoms with E-state index >= 15 is 0 Å². The highest BCUT2D eigenvalue weighted by Gasteiger charge is 2.26. The van der Waals surface area contributed by atoms with Gasteiger partial charge >= 0.3 is 0 Å². The van der Waals surface area contributed by atoms with E-state index in [9.17, 15) is 9.59 Å². The Kier molecular flexibility index (Phi) is 5.76. The monoisotopic (exact) mass is 379 g/mol. The van der Waals surface area contributed by atoms with Gasteiger partial charge in [0.25, 0.3) is 5.56 Å². The van der Waals surface area contributed by atoms with Crippen molar-refractivity contribution in [3.8, 4) is 0 Å². The third-order valence-corrected chi connectivity index (χ3v) is 5.36. The summed E-state index contributed by atoms with van der Waals surface area (Å²) in [5.74, 6) is -0.0567. The molecule has 0 spiro atoms. The Bertz CT molecular complexity index is 1030. The van der Waals surface area contributed by atoms with Gasteiger partial charge in [0.15, 0.2) is 5.16 Å². The van der Waals surface area contributed by atoms with Crippen LogP contribution in [0.25, 0.3) is 10.9 Å². The van der Waals surface area contributed by atoms with Crippen molar-refractivity contribution < 1.29 is 4.79 Å². The first kappa shape index (κ1) is 18.9. The molecule has 0 aliphatic carbocycles. The van der Waals surface area contributed by atoms with Crippen molar-refractivity contribution in [2.45, 2.75) is 17.0 Å². The van der Waals surface area contributed by atoms with Crippen molar-refractivity contribution in [2.24, 2.45) is 0 Å². The molecule has 1 amide bonds. The number of carbonyl (C=O) groups excluding carboxylic acids is 1. The van der Waals surface area contributed by atoms with Gasteiger partial charge in [-0.05, 0) is 17.7 Å². The molecule has 5 nitrogen and oxygen atoms in total. The number of hydrogen-bond acceptors (Lipinski definition) is 4.